The number of amides is 1. The molecule has 0 radical (unpaired) electrons. The molecule has 1 aliphatic heterocycles. The minimum atomic E-state index is -0.263. The molecule has 4 N–H and O–H groups in total. The van der Waals surface area contributed by atoms with Gasteiger partial charge < -0.3 is 11.1 Å². The first kappa shape index (κ1) is 12.7. The molecule has 1 amide bonds. The molecule has 0 aliphatic carbocycles. The average Bonchev–Trinajstić information content (AvgIpc) is 2.25. The number of hydrogen-bond acceptors (Lipinski definition) is 4. The highest BCUT2D eigenvalue weighted by Crippen LogP contribution is 2.19. The van der Waals surface area contributed by atoms with Gasteiger partial charge >= 0.3 is 0 Å². The van der Waals surface area contributed by atoms with Crippen molar-refractivity contribution in [2.24, 2.45) is 5.73 Å². The van der Waals surface area contributed by atoms with Gasteiger partial charge in [-0.3, -0.25) is 10.1 Å². The van der Waals surface area contributed by atoms with Crippen LogP contribution in [0.2, 0.25) is 5.02 Å². The van der Waals surface area contributed by atoms with Crippen LogP contribution in [0.5, 0.6) is 0 Å². The minimum Gasteiger partial charge on any atom is -0.332 e. The van der Waals surface area contributed by atoms with Crippen LogP contribution in [0.15, 0.2) is 24.3 Å². The van der Waals surface area contributed by atoms with Gasteiger partial charge in [0.2, 0.25) is 5.91 Å². The highest BCUT2D eigenvalue weighted by molar-refractivity contribution is 7.99. The smallest absolute Gasteiger partial charge is 0.224 e. The maximum Gasteiger partial charge on any atom is 0.224 e. The molecule has 0 spiro atoms. The maximum absolute atomic E-state index is 11.3. The van der Waals surface area contributed by atoms with E-state index in [0.717, 1.165) is 16.3 Å². The molecule has 1 heterocycles. The Balaban J connectivity index is 1.87. The van der Waals surface area contributed by atoms with Gasteiger partial charge in [-0.15, -0.1) is 11.8 Å². The van der Waals surface area contributed by atoms with Crippen molar-refractivity contribution < 1.29 is 4.79 Å². The van der Waals surface area contributed by atoms with Gasteiger partial charge in [0.25, 0.3) is 0 Å². The summed E-state index contributed by atoms with van der Waals surface area (Å²) in [4.78, 5) is 11.3. The molecular weight excluding hydrogens is 258 g/mol. The first-order chi connectivity index (χ1) is 8.13. The highest BCUT2D eigenvalue weighted by Gasteiger charge is 2.22. The van der Waals surface area contributed by atoms with E-state index in [1.807, 2.05) is 24.3 Å². The molecule has 0 aromatic heterocycles. The molecule has 2 atom stereocenters. The summed E-state index contributed by atoms with van der Waals surface area (Å²) >= 11 is 7.48. The Labute approximate surface area is 109 Å². The second-order valence-electron chi connectivity index (χ2n) is 3.87. The van der Waals surface area contributed by atoms with Crippen molar-refractivity contribution in [3.8, 4) is 0 Å². The van der Waals surface area contributed by atoms with Crippen LogP contribution >= 0.6 is 23.4 Å². The minimum absolute atomic E-state index is 0.0140. The number of nitrogens with one attached hydrogen (secondary N) is 2. The number of carbonyl (C=O) groups excluding carboxylic acids is 1. The number of hydrogen-bond donors (Lipinski definition) is 3. The van der Waals surface area contributed by atoms with E-state index < -0.39 is 0 Å². The first-order valence-corrected chi connectivity index (χ1v) is 6.73. The van der Waals surface area contributed by atoms with E-state index in [1.54, 1.807) is 11.8 Å². The molecule has 2 rings (SSSR count). The van der Waals surface area contributed by atoms with Gasteiger partial charge in [-0.2, -0.15) is 0 Å². The Morgan fingerprint density at radius 2 is 2.35 bits per heavy atom. The Bertz CT molecular complexity index is 415. The summed E-state index contributed by atoms with van der Waals surface area (Å²) in [6.07, 6.45) is 0.0643. The molecule has 1 aliphatic rings. The summed E-state index contributed by atoms with van der Waals surface area (Å²) in [5, 5.41) is 6.66. The van der Waals surface area contributed by atoms with Crippen molar-refractivity contribution in [3.63, 3.8) is 0 Å². The molecule has 2 unspecified atom stereocenters. The maximum atomic E-state index is 11.3. The number of thioether (sulfide) groups is 1. The molecule has 1 aromatic carbocycles. The lowest BCUT2D eigenvalue weighted by atomic mass is 10.2. The quantitative estimate of drug-likeness (QED) is 0.774. The SMILES string of the molecule is NC1CC(=O)NC(SCc2cccc(Cl)c2)N1. The molecular formula is C11H14ClN3OS. The zero-order chi connectivity index (χ0) is 12.3. The highest BCUT2D eigenvalue weighted by atomic mass is 35.5. The average molecular weight is 272 g/mol. The summed E-state index contributed by atoms with van der Waals surface area (Å²) < 4.78 is 0. The molecule has 1 fully saturated rings. The Morgan fingerprint density at radius 1 is 1.53 bits per heavy atom. The van der Waals surface area contributed by atoms with Gasteiger partial charge in [-0.1, -0.05) is 23.7 Å². The van der Waals surface area contributed by atoms with E-state index in [0.29, 0.717) is 6.42 Å². The summed E-state index contributed by atoms with van der Waals surface area (Å²) in [5.74, 6) is 0.755. The van der Waals surface area contributed by atoms with Gasteiger partial charge in [0.1, 0.15) is 5.50 Å². The van der Waals surface area contributed by atoms with Gasteiger partial charge in [-0.05, 0) is 17.7 Å². The van der Waals surface area contributed by atoms with Gasteiger partial charge in [-0.25, -0.2) is 0 Å². The molecule has 1 saturated heterocycles. The zero-order valence-electron chi connectivity index (χ0n) is 9.15. The second-order valence-corrected chi connectivity index (χ2v) is 5.40. The molecule has 17 heavy (non-hydrogen) atoms. The normalized spacial score (nSPS) is 24.5. The largest absolute Gasteiger partial charge is 0.332 e. The van der Waals surface area contributed by atoms with Crippen LogP contribution < -0.4 is 16.4 Å². The van der Waals surface area contributed by atoms with Crippen LogP contribution in [-0.4, -0.2) is 17.6 Å². The van der Waals surface area contributed by atoms with Crippen molar-refractivity contribution in [1.29, 1.82) is 0 Å². The summed E-state index contributed by atoms with van der Waals surface area (Å²) in [6, 6.07) is 7.67. The van der Waals surface area contributed by atoms with Crippen LogP contribution in [0.4, 0.5) is 0 Å². The third-order valence-corrected chi connectivity index (χ3v) is 3.69. The lowest BCUT2D eigenvalue weighted by Gasteiger charge is -2.28. The first-order valence-electron chi connectivity index (χ1n) is 5.30. The summed E-state index contributed by atoms with van der Waals surface area (Å²) in [7, 11) is 0. The molecule has 0 saturated carbocycles. The van der Waals surface area contributed by atoms with Crippen molar-refractivity contribution in [1.82, 2.24) is 10.6 Å². The summed E-state index contributed by atoms with van der Waals surface area (Å²) in [6.45, 7) is 0. The number of rotatable bonds is 3. The molecule has 4 nitrogen and oxygen atoms in total. The fourth-order valence-corrected chi connectivity index (χ4v) is 2.83. The lowest BCUT2D eigenvalue weighted by Crippen LogP contribution is -2.57. The molecule has 0 bridgehead atoms. The van der Waals surface area contributed by atoms with Crippen molar-refractivity contribution in [2.45, 2.75) is 23.8 Å². The number of carbonyl (C=O) groups is 1. The van der Waals surface area contributed by atoms with Gasteiger partial charge in [0, 0.05) is 10.8 Å². The molecule has 6 heteroatoms. The second kappa shape index (κ2) is 5.73. The van der Waals surface area contributed by atoms with E-state index in [9.17, 15) is 4.79 Å². The van der Waals surface area contributed by atoms with E-state index >= 15 is 0 Å². The monoisotopic (exact) mass is 271 g/mol. The number of nitrogens with two attached hydrogens (primary N) is 1. The van der Waals surface area contributed by atoms with Crippen LogP contribution in [0, 0.1) is 0 Å². The van der Waals surface area contributed by atoms with Gasteiger partial charge in [0.15, 0.2) is 0 Å². The third-order valence-electron chi connectivity index (χ3n) is 2.37. The number of halogens is 1. The Morgan fingerprint density at radius 3 is 3.06 bits per heavy atom. The number of benzene rings is 1. The van der Waals surface area contributed by atoms with Crippen molar-refractivity contribution >= 4 is 29.3 Å². The van der Waals surface area contributed by atoms with E-state index in [-0.39, 0.29) is 17.6 Å². The van der Waals surface area contributed by atoms with Crippen LogP contribution in [0.1, 0.15) is 12.0 Å². The fraction of sp³-hybridized carbons (Fsp3) is 0.364. The summed E-state index contributed by atoms with van der Waals surface area (Å²) in [5.41, 5.74) is 6.69. The predicted molar refractivity (Wildman–Crippen MR) is 70.4 cm³/mol. The van der Waals surface area contributed by atoms with Crippen molar-refractivity contribution in [3.05, 3.63) is 34.9 Å². The van der Waals surface area contributed by atoms with Crippen LogP contribution in [0.3, 0.4) is 0 Å². The predicted octanol–water partition coefficient (Wildman–Crippen LogP) is 1.25. The van der Waals surface area contributed by atoms with E-state index in [2.05, 4.69) is 10.6 Å². The molecule has 1 aromatic rings. The molecule has 92 valence electrons. The Kier molecular flexibility index (Phi) is 4.28. The van der Waals surface area contributed by atoms with Gasteiger partial charge in [0.05, 0.1) is 12.6 Å². The van der Waals surface area contributed by atoms with Crippen molar-refractivity contribution in [2.75, 3.05) is 0 Å². The standard InChI is InChI=1S/C11H14ClN3OS/c12-8-3-1-2-7(4-8)6-17-11-14-9(13)5-10(16)15-11/h1-4,9,11,14H,5-6,13H2,(H,15,16). The topological polar surface area (TPSA) is 67.2 Å². The fourth-order valence-electron chi connectivity index (χ4n) is 1.60. The third kappa shape index (κ3) is 3.89. The van der Waals surface area contributed by atoms with Crippen LogP contribution in [-0.2, 0) is 10.5 Å². The zero-order valence-corrected chi connectivity index (χ0v) is 10.7. The Hall–Kier alpha value is -0.750. The van der Waals surface area contributed by atoms with E-state index in [4.69, 9.17) is 17.3 Å². The van der Waals surface area contributed by atoms with E-state index in [1.165, 1.54) is 0 Å². The van der Waals surface area contributed by atoms with Crippen LogP contribution in [0.25, 0.3) is 0 Å². The lowest BCUT2D eigenvalue weighted by molar-refractivity contribution is -0.123.